The van der Waals surface area contributed by atoms with E-state index in [1.165, 1.54) is 36.2 Å². The summed E-state index contributed by atoms with van der Waals surface area (Å²) in [6.45, 7) is 21.2. The van der Waals surface area contributed by atoms with Crippen LogP contribution in [0.15, 0.2) is 115 Å². The summed E-state index contributed by atoms with van der Waals surface area (Å²) in [7, 11) is 0. The molecule has 1 unspecified atom stereocenters. The summed E-state index contributed by atoms with van der Waals surface area (Å²) in [5.74, 6) is -0.333. The van der Waals surface area contributed by atoms with Crippen molar-refractivity contribution in [2.24, 2.45) is 17.2 Å². The van der Waals surface area contributed by atoms with Crippen molar-refractivity contribution < 1.29 is 38.4 Å². The normalized spacial score (nSPS) is 12.8. The van der Waals surface area contributed by atoms with E-state index in [0.717, 1.165) is 75.5 Å². The molecule has 0 aliphatic heterocycles. The molecule has 0 radical (unpaired) electrons. The Hall–Kier alpha value is -6.20. The number of allylic oxidation sites excluding steroid dienone is 3. The standard InChI is InChI=1S/C24H38N2O6.C13H22N2.C7H7N3O4/c1-4-20(25)19-22(30-15-10-8-12-17-32-24(28)6-3)21(26)13-18-29-14-9-7-11-16-31-23(27)5-2;1-4-8-15(9-5-2)12-6-7-13(14)11(3)10-12;8-6-3-1-2-5(9(11)12)4-7(6)10(13)14/h4-6,13,19-20H,1-3,7-12,14-18,25-26H2;6-7,10H,4-5,8-9,14H2,1-3H3;1-2,4H,3,8H2/b21-13+,22-19+;;. The Balaban J connectivity index is 0.00000102. The SMILES string of the molecule is C=CC(=O)OCCCCCOC/C=C(N)\C(=C/C(N)C=C)OCCCCCOC(=O)C=C.CCCN(CCC)c1ccc(N)c(C)c1.NC1=C([N+](=O)[O-])C=C([N+](=O)[O-])C=CC1. The Kier molecular flexibility index (Phi) is 30.2. The molecule has 0 saturated carbocycles. The number of aryl methyl sites for hydroxylation is 1. The Morgan fingerprint density at radius 3 is 1.92 bits per heavy atom. The van der Waals surface area contributed by atoms with Gasteiger partial charge >= 0.3 is 11.9 Å². The number of rotatable bonds is 27. The Labute approximate surface area is 360 Å². The summed E-state index contributed by atoms with van der Waals surface area (Å²) in [6.07, 6.45) is 18.2. The summed E-state index contributed by atoms with van der Waals surface area (Å²) in [4.78, 5) is 43.7. The molecule has 0 fully saturated rings. The van der Waals surface area contributed by atoms with E-state index >= 15 is 0 Å². The van der Waals surface area contributed by atoms with Crippen molar-refractivity contribution in [1.82, 2.24) is 0 Å². The third-order valence-corrected chi connectivity index (χ3v) is 8.38. The molecule has 0 spiro atoms. The van der Waals surface area contributed by atoms with Gasteiger partial charge in [-0.25, -0.2) is 9.59 Å². The largest absolute Gasteiger partial charge is 0.492 e. The number of ether oxygens (including phenoxy) is 4. The van der Waals surface area contributed by atoms with E-state index in [0.29, 0.717) is 44.5 Å². The third-order valence-electron chi connectivity index (χ3n) is 8.38. The predicted molar refractivity (Wildman–Crippen MR) is 241 cm³/mol. The van der Waals surface area contributed by atoms with Crippen LogP contribution in [-0.4, -0.2) is 74.0 Å². The van der Waals surface area contributed by atoms with E-state index in [2.05, 4.69) is 57.5 Å². The highest BCUT2D eigenvalue weighted by Crippen LogP contribution is 2.21. The van der Waals surface area contributed by atoms with Crippen LogP contribution in [0.25, 0.3) is 0 Å². The predicted octanol–water partition coefficient (Wildman–Crippen LogP) is 6.82. The van der Waals surface area contributed by atoms with Gasteiger partial charge in [0.2, 0.25) is 0 Å². The number of esters is 2. The van der Waals surface area contributed by atoms with Crippen LogP contribution < -0.4 is 27.8 Å². The van der Waals surface area contributed by atoms with Gasteiger partial charge in [0.25, 0.3) is 11.4 Å². The average Bonchev–Trinajstić information content (AvgIpc) is 3.44. The fraction of sp³-hybridized carbons (Fsp3) is 0.455. The van der Waals surface area contributed by atoms with Crippen molar-refractivity contribution in [2.75, 3.05) is 56.8 Å². The first-order valence-corrected chi connectivity index (χ1v) is 20.3. The Bertz CT molecular complexity index is 1710. The number of nitro groups is 2. The first-order valence-electron chi connectivity index (χ1n) is 20.3. The molecule has 0 heterocycles. The maximum absolute atomic E-state index is 11.0. The minimum Gasteiger partial charge on any atom is -0.492 e. The maximum Gasteiger partial charge on any atom is 0.330 e. The van der Waals surface area contributed by atoms with Gasteiger partial charge in [-0.3, -0.25) is 20.2 Å². The zero-order valence-corrected chi connectivity index (χ0v) is 36.1. The van der Waals surface area contributed by atoms with E-state index in [-0.39, 0.29) is 23.9 Å². The quantitative estimate of drug-likeness (QED) is 0.00814. The highest BCUT2D eigenvalue weighted by atomic mass is 16.6. The van der Waals surface area contributed by atoms with Crippen LogP contribution in [0.4, 0.5) is 11.4 Å². The molecule has 17 nitrogen and oxygen atoms in total. The van der Waals surface area contributed by atoms with E-state index in [4.69, 9.17) is 41.9 Å². The molecule has 61 heavy (non-hydrogen) atoms. The Morgan fingerprint density at radius 1 is 0.869 bits per heavy atom. The number of nitrogens with two attached hydrogens (primary N) is 4. The van der Waals surface area contributed by atoms with Gasteiger partial charge in [-0.05, 0) is 94.2 Å². The minimum absolute atomic E-state index is 0.0168. The summed E-state index contributed by atoms with van der Waals surface area (Å²) in [5.41, 5.74) is 26.3. The molecule has 0 aromatic heterocycles. The van der Waals surface area contributed by atoms with Gasteiger partial charge in [-0.15, -0.1) is 6.58 Å². The second-order valence-electron chi connectivity index (χ2n) is 13.4. The van der Waals surface area contributed by atoms with E-state index < -0.39 is 27.5 Å². The van der Waals surface area contributed by atoms with Gasteiger partial charge in [-0.1, -0.05) is 39.2 Å². The number of carbonyl (C=O) groups excluding carboxylic acids is 2. The minimum atomic E-state index is -0.730. The lowest BCUT2D eigenvalue weighted by molar-refractivity contribution is -0.431. The topological polar surface area (TPSA) is 265 Å². The zero-order chi connectivity index (χ0) is 46.0. The van der Waals surface area contributed by atoms with Gasteiger partial charge in [0.1, 0.15) is 5.76 Å². The van der Waals surface area contributed by atoms with Crippen LogP contribution in [0.5, 0.6) is 0 Å². The summed E-state index contributed by atoms with van der Waals surface area (Å²) in [5, 5.41) is 20.8. The highest BCUT2D eigenvalue weighted by molar-refractivity contribution is 5.81. The second kappa shape index (κ2) is 33.6. The zero-order valence-electron chi connectivity index (χ0n) is 36.1. The van der Waals surface area contributed by atoms with Crippen LogP contribution >= 0.6 is 0 Å². The van der Waals surface area contributed by atoms with Crippen molar-refractivity contribution in [3.05, 3.63) is 141 Å². The van der Waals surface area contributed by atoms with Gasteiger partial charge < -0.3 is 46.8 Å². The van der Waals surface area contributed by atoms with Crippen molar-refractivity contribution in [3.8, 4) is 0 Å². The molecule has 17 heteroatoms. The lowest BCUT2D eigenvalue weighted by Crippen LogP contribution is -2.24. The summed E-state index contributed by atoms with van der Waals surface area (Å²) < 4.78 is 21.2. The van der Waals surface area contributed by atoms with Gasteiger partial charge in [0.05, 0.1) is 53.7 Å². The summed E-state index contributed by atoms with van der Waals surface area (Å²) >= 11 is 0. The number of nitrogens with zero attached hydrogens (tertiary/aromatic N) is 3. The van der Waals surface area contributed by atoms with Crippen LogP contribution in [0.1, 0.15) is 77.2 Å². The summed E-state index contributed by atoms with van der Waals surface area (Å²) in [6, 6.07) is 5.92. The monoisotopic (exact) mass is 853 g/mol. The molecule has 8 N–H and O–H groups in total. The molecular formula is C44H67N7O10. The van der Waals surface area contributed by atoms with Gasteiger partial charge in [0.15, 0.2) is 0 Å². The van der Waals surface area contributed by atoms with E-state index in [9.17, 15) is 29.8 Å². The first kappa shape index (κ1) is 54.8. The number of hydrogen-bond donors (Lipinski definition) is 4. The van der Waals surface area contributed by atoms with Crippen molar-refractivity contribution in [1.29, 1.82) is 0 Å². The van der Waals surface area contributed by atoms with Crippen LogP contribution in [-0.2, 0) is 28.5 Å². The first-order chi connectivity index (χ1) is 29.1. The molecule has 1 aromatic rings. The molecule has 1 atom stereocenters. The molecule has 2 rings (SSSR count). The van der Waals surface area contributed by atoms with Crippen molar-refractivity contribution in [3.63, 3.8) is 0 Å². The van der Waals surface area contributed by atoms with Gasteiger partial charge in [-0.2, -0.15) is 0 Å². The smallest absolute Gasteiger partial charge is 0.330 e. The molecule has 1 aliphatic rings. The maximum atomic E-state index is 11.0. The van der Waals surface area contributed by atoms with E-state index in [1.54, 1.807) is 18.2 Å². The lowest BCUT2D eigenvalue weighted by atomic mass is 10.1. The number of hydrogen-bond acceptors (Lipinski definition) is 15. The Morgan fingerprint density at radius 2 is 1.43 bits per heavy atom. The number of nitrogen functional groups attached to an aromatic ring is 1. The average molecular weight is 854 g/mol. The molecular weight excluding hydrogens is 787 g/mol. The van der Waals surface area contributed by atoms with Gasteiger partial charge in [0, 0.05) is 61.8 Å². The lowest BCUT2D eigenvalue weighted by Gasteiger charge is -2.24. The number of carbonyl (C=O) groups is 2. The fourth-order valence-electron chi connectivity index (χ4n) is 5.05. The number of unbranched alkanes of at least 4 members (excludes halogenated alkanes) is 4. The molecule has 0 saturated heterocycles. The molecule has 1 aromatic carbocycles. The van der Waals surface area contributed by atoms with Crippen molar-refractivity contribution in [2.45, 2.75) is 84.6 Å². The number of anilines is 2. The molecule has 1 aliphatic carbocycles. The third kappa shape index (κ3) is 25.8. The van der Waals surface area contributed by atoms with E-state index in [1.807, 2.05) is 6.07 Å². The van der Waals surface area contributed by atoms with Crippen LogP contribution in [0.2, 0.25) is 0 Å². The van der Waals surface area contributed by atoms with Crippen molar-refractivity contribution >= 4 is 23.3 Å². The molecule has 338 valence electrons. The fourth-order valence-corrected chi connectivity index (χ4v) is 5.05. The molecule has 0 amide bonds. The molecule has 0 bridgehead atoms. The highest BCUT2D eigenvalue weighted by Gasteiger charge is 2.21. The van der Waals surface area contributed by atoms with Crippen LogP contribution in [0.3, 0.4) is 0 Å². The second-order valence-corrected chi connectivity index (χ2v) is 13.4. The number of benzene rings is 1. The van der Waals surface area contributed by atoms with Crippen LogP contribution in [0, 0.1) is 27.2 Å².